The lowest BCUT2D eigenvalue weighted by Gasteiger charge is -2.38. The molecule has 172 valence electrons. The van der Waals surface area contributed by atoms with Gasteiger partial charge in [-0.05, 0) is 79.4 Å². The first-order chi connectivity index (χ1) is 14.7. The molecule has 0 spiro atoms. The van der Waals surface area contributed by atoms with Crippen LogP contribution in [0.4, 0.5) is 30.7 Å². The highest BCUT2D eigenvalue weighted by Crippen LogP contribution is 2.56. The van der Waals surface area contributed by atoms with E-state index in [0.717, 1.165) is 36.4 Å². The molecule has 0 radical (unpaired) electrons. The van der Waals surface area contributed by atoms with Crippen molar-refractivity contribution in [3.63, 3.8) is 0 Å². The van der Waals surface area contributed by atoms with Crippen LogP contribution in [0.25, 0.3) is 0 Å². The molecule has 3 aromatic rings. The van der Waals surface area contributed by atoms with Crippen molar-refractivity contribution in [1.82, 2.24) is 0 Å². The molecular formula is C21H11Br4F7. The first-order valence-corrected chi connectivity index (χ1v) is 11.6. The van der Waals surface area contributed by atoms with Gasteiger partial charge in [-0.3, -0.25) is 0 Å². The van der Waals surface area contributed by atoms with Crippen molar-refractivity contribution < 1.29 is 30.7 Å². The van der Waals surface area contributed by atoms with Crippen molar-refractivity contribution in [2.24, 2.45) is 0 Å². The van der Waals surface area contributed by atoms with Crippen LogP contribution in [-0.2, 0) is 5.41 Å². The van der Waals surface area contributed by atoms with Crippen LogP contribution in [0, 0.1) is 5.82 Å². The molecule has 0 bridgehead atoms. The van der Waals surface area contributed by atoms with Gasteiger partial charge in [-0.1, -0.05) is 62.2 Å². The van der Waals surface area contributed by atoms with Crippen molar-refractivity contribution >= 4 is 63.7 Å². The van der Waals surface area contributed by atoms with Gasteiger partial charge in [-0.2, -0.15) is 26.3 Å². The van der Waals surface area contributed by atoms with Crippen LogP contribution in [0.15, 0.2) is 84.6 Å². The summed E-state index contributed by atoms with van der Waals surface area (Å²) in [4.78, 5) is 0. The molecule has 0 heterocycles. The Morgan fingerprint density at radius 1 is 0.531 bits per heavy atom. The smallest absolute Gasteiger partial charge is 0.205 e. The third-order valence-corrected chi connectivity index (χ3v) is 6.48. The molecule has 0 aliphatic rings. The average molecular weight is 716 g/mol. The normalized spacial score (nSPS) is 12.2. The predicted octanol–water partition coefficient (Wildman–Crippen LogP) is 9.97. The Labute approximate surface area is 212 Å². The van der Waals surface area contributed by atoms with E-state index < -0.39 is 28.9 Å². The molecule has 11 heteroatoms. The van der Waals surface area contributed by atoms with E-state index in [4.69, 9.17) is 0 Å². The lowest BCUT2D eigenvalue weighted by Crippen LogP contribution is -2.54. The zero-order chi connectivity index (χ0) is 24.3. The third-order valence-electron chi connectivity index (χ3n) is 4.27. The minimum Gasteiger partial charge on any atom is -0.205 e. The van der Waals surface area contributed by atoms with E-state index in [0.29, 0.717) is 8.95 Å². The zero-order valence-electron chi connectivity index (χ0n) is 15.5. The molecule has 32 heavy (non-hydrogen) atoms. The summed E-state index contributed by atoms with van der Waals surface area (Å²) < 4.78 is 96.4. The van der Waals surface area contributed by atoms with Crippen molar-refractivity contribution in [3.8, 4) is 0 Å². The van der Waals surface area contributed by atoms with Gasteiger partial charge in [-0.15, -0.1) is 0 Å². The fraction of sp³-hybridized carbons (Fsp3) is 0.143. The number of rotatable bonds is 2. The van der Waals surface area contributed by atoms with E-state index in [9.17, 15) is 30.7 Å². The van der Waals surface area contributed by atoms with E-state index in [-0.39, 0.29) is 14.8 Å². The average Bonchev–Trinajstić information content (AvgIpc) is 2.65. The van der Waals surface area contributed by atoms with Crippen LogP contribution in [0.1, 0.15) is 11.1 Å². The molecule has 0 saturated carbocycles. The zero-order valence-corrected chi connectivity index (χ0v) is 21.9. The molecule has 0 aliphatic heterocycles. The molecule has 0 nitrogen and oxygen atoms in total. The molecule has 0 amide bonds. The maximum atomic E-state index is 13.8. The number of halogens is 11. The van der Waals surface area contributed by atoms with Gasteiger partial charge in [0.1, 0.15) is 0 Å². The molecule has 3 rings (SSSR count). The fourth-order valence-electron chi connectivity index (χ4n) is 2.90. The maximum Gasteiger partial charge on any atom is 0.411 e. The highest BCUT2D eigenvalue weighted by atomic mass is 79.9. The van der Waals surface area contributed by atoms with E-state index >= 15 is 0 Å². The van der Waals surface area contributed by atoms with E-state index in [2.05, 4.69) is 63.7 Å². The number of alkyl halides is 6. The fourth-order valence-corrected chi connectivity index (χ4v) is 4.70. The van der Waals surface area contributed by atoms with Crippen LogP contribution in [0.2, 0.25) is 0 Å². The van der Waals surface area contributed by atoms with E-state index in [1.54, 1.807) is 18.2 Å². The van der Waals surface area contributed by atoms with Crippen molar-refractivity contribution in [3.05, 3.63) is 102 Å². The first kappa shape index (κ1) is 27.3. The standard InChI is InChI=1S/C15H8Br2F6.C6H3Br2F/c16-11-5-1-3-9(7-11)13(14(18,19)20,15(21,22)23)10-4-2-6-12(17)8-10;7-4-2-1-3-5(8)6(4)9/h1-8H;1-3H. The summed E-state index contributed by atoms with van der Waals surface area (Å²) in [6, 6.07) is 13.4. The van der Waals surface area contributed by atoms with Gasteiger partial charge < -0.3 is 0 Å². The van der Waals surface area contributed by atoms with Crippen molar-refractivity contribution in [2.45, 2.75) is 17.8 Å². The summed E-state index contributed by atoms with van der Waals surface area (Å²) >= 11 is 11.9. The minimum absolute atomic E-state index is 0.128. The van der Waals surface area contributed by atoms with Crippen LogP contribution < -0.4 is 0 Å². The van der Waals surface area contributed by atoms with E-state index in [1.807, 2.05) is 0 Å². The summed E-state index contributed by atoms with van der Waals surface area (Å²) in [5, 5.41) is 0. The Morgan fingerprint density at radius 2 is 0.875 bits per heavy atom. The lowest BCUT2D eigenvalue weighted by molar-refractivity contribution is -0.288. The second-order valence-electron chi connectivity index (χ2n) is 6.30. The van der Waals surface area contributed by atoms with Crippen LogP contribution >= 0.6 is 63.7 Å². The lowest BCUT2D eigenvalue weighted by atomic mass is 9.73. The van der Waals surface area contributed by atoms with Gasteiger partial charge in [0.25, 0.3) is 0 Å². The van der Waals surface area contributed by atoms with Gasteiger partial charge in [0.15, 0.2) is 5.82 Å². The summed E-state index contributed by atoms with van der Waals surface area (Å²) in [7, 11) is 0. The Hall–Kier alpha value is -0.910. The molecule has 0 aromatic heterocycles. The molecule has 0 unspecified atom stereocenters. The molecule has 3 aromatic carbocycles. The highest BCUT2D eigenvalue weighted by molar-refractivity contribution is 9.11. The molecule has 0 fully saturated rings. The topological polar surface area (TPSA) is 0 Å². The Bertz CT molecular complexity index is 996. The summed E-state index contributed by atoms with van der Waals surface area (Å²) in [6.07, 6.45) is -11.2. The van der Waals surface area contributed by atoms with Gasteiger partial charge in [-0.25, -0.2) is 4.39 Å². The monoisotopic (exact) mass is 712 g/mol. The molecular weight excluding hydrogens is 705 g/mol. The van der Waals surface area contributed by atoms with Gasteiger partial charge in [0.2, 0.25) is 5.41 Å². The second kappa shape index (κ2) is 10.6. The Morgan fingerprint density at radius 3 is 1.16 bits per heavy atom. The Kier molecular flexibility index (Phi) is 9.03. The van der Waals surface area contributed by atoms with Crippen LogP contribution in [0.5, 0.6) is 0 Å². The van der Waals surface area contributed by atoms with Crippen LogP contribution in [-0.4, -0.2) is 12.4 Å². The summed E-state index contributed by atoms with van der Waals surface area (Å²) in [6.45, 7) is 0. The summed E-state index contributed by atoms with van der Waals surface area (Å²) in [5.41, 5.74) is -5.91. The first-order valence-electron chi connectivity index (χ1n) is 8.47. The molecule has 0 atom stereocenters. The van der Waals surface area contributed by atoms with Crippen molar-refractivity contribution in [1.29, 1.82) is 0 Å². The molecule has 0 saturated heterocycles. The SMILES string of the molecule is FC(F)(F)C(c1cccc(Br)c1)(c1cccc(Br)c1)C(F)(F)F.Fc1c(Br)cccc1Br. The van der Waals surface area contributed by atoms with Gasteiger partial charge >= 0.3 is 12.4 Å². The number of benzene rings is 3. The predicted molar refractivity (Wildman–Crippen MR) is 123 cm³/mol. The molecule has 0 N–H and O–H groups in total. The number of hydrogen-bond acceptors (Lipinski definition) is 0. The minimum atomic E-state index is -5.58. The quantitative estimate of drug-likeness (QED) is 0.183. The Balaban J connectivity index is 0.000000336. The second-order valence-corrected chi connectivity index (χ2v) is 9.84. The maximum absolute atomic E-state index is 13.8. The largest absolute Gasteiger partial charge is 0.411 e. The highest BCUT2D eigenvalue weighted by Gasteiger charge is 2.72. The van der Waals surface area contributed by atoms with Crippen molar-refractivity contribution in [2.75, 3.05) is 0 Å². The van der Waals surface area contributed by atoms with Gasteiger partial charge in [0.05, 0.1) is 8.95 Å². The summed E-state index contributed by atoms with van der Waals surface area (Å²) in [5.74, 6) is -0.252. The third kappa shape index (κ3) is 5.77. The van der Waals surface area contributed by atoms with E-state index in [1.165, 1.54) is 12.1 Å². The number of hydrogen-bond donors (Lipinski definition) is 0. The van der Waals surface area contributed by atoms with Crippen LogP contribution in [0.3, 0.4) is 0 Å². The molecule has 0 aliphatic carbocycles. The van der Waals surface area contributed by atoms with Gasteiger partial charge in [0, 0.05) is 8.95 Å².